The van der Waals surface area contributed by atoms with Gasteiger partial charge < -0.3 is 15.4 Å². The highest BCUT2D eigenvalue weighted by Crippen LogP contribution is 2.28. The van der Waals surface area contributed by atoms with Crippen LogP contribution in [0.5, 0.6) is 5.75 Å². The first kappa shape index (κ1) is 18.2. The van der Waals surface area contributed by atoms with E-state index in [1.54, 1.807) is 12.1 Å². The van der Waals surface area contributed by atoms with Gasteiger partial charge in [-0.3, -0.25) is 0 Å². The molecule has 0 atom stereocenters. The van der Waals surface area contributed by atoms with E-state index in [0.29, 0.717) is 17.3 Å². The van der Waals surface area contributed by atoms with Gasteiger partial charge in [0, 0.05) is 17.4 Å². The van der Waals surface area contributed by atoms with Crippen LogP contribution in [-0.4, -0.2) is 16.1 Å². The Morgan fingerprint density at radius 1 is 1.00 bits per heavy atom. The zero-order valence-electron chi connectivity index (χ0n) is 15.5. The van der Waals surface area contributed by atoms with Gasteiger partial charge in [0.25, 0.3) is 0 Å². The SMILES string of the molecule is Cc1cc(Nc2cccc(C#N)c2)nc(Nc2ccccc2OC(C)C)n1. The van der Waals surface area contributed by atoms with Gasteiger partial charge in [-0.25, -0.2) is 4.98 Å². The van der Waals surface area contributed by atoms with Crippen LogP contribution < -0.4 is 15.4 Å². The quantitative estimate of drug-likeness (QED) is 0.649. The van der Waals surface area contributed by atoms with Gasteiger partial charge in [-0.1, -0.05) is 18.2 Å². The van der Waals surface area contributed by atoms with E-state index in [4.69, 9.17) is 10.00 Å². The second-order valence-electron chi connectivity index (χ2n) is 6.32. The van der Waals surface area contributed by atoms with Crippen molar-refractivity contribution in [1.82, 2.24) is 9.97 Å². The molecule has 0 spiro atoms. The highest BCUT2D eigenvalue weighted by molar-refractivity contribution is 5.65. The molecule has 0 unspecified atom stereocenters. The summed E-state index contributed by atoms with van der Waals surface area (Å²) in [6.07, 6.45) is 0.0658. The molecule has 0 amide bonds. The molecule has 27 heavy (non-hydrogen) atoms. The molecule has 0 saturated carbocycles. The minimum Gasteiger partial charge on any atom is -0.489 e. The standard InChI is InChI=1S/C21H21N5O/c1-14(2)27-19-10-5-4-9-18(19)25-21-23-15(3)11-20(26-21)24-17-8-6-7-16(12-17)13-22/h4-12,14H,1-3H3,(H2,23,24,25,26). The molecule has 136 valence electrons. The summed E-state index contributed by atoms with van der Waals surface area (Å²) in [6, 6.07) is 18.9. The molecule has 0 saturated heterocycles. The van der Waals surface area contributed by atoms with Crippen LogP contribution in [0.15, 0.2) is 54.6 Å². The van der Waals surface area contributed by atoms with Crippen LogP contribution in [0.1, 0.15) is 25.1 Å². The maximum Gasteiger partial charge on any atom is 0.229 e. The average molecular weight is 359 g/mol. The normalized spacial score (nSPS) is 10.3. The van der Waals surface area contributed by atoms with Gasteiger partial charge in [-0.05, 0) is 51.1 Å². The number of hydrogen-bond acceptors (Lipinski definition) is 6. The van der Waals surface area contributed by atoms with Crippen molar-refractivity contribution in [1.29, 1.82) is 5.26 Å². The predicted molar refractivity (Wildman–Crippen MR) is 107 cm³/mol. The lowest BCUT2D eigenvalue weighted by Crippen LogP contribution is -2.08. The Balaban J connectivity index is 1.85. The summed E-state index contributed by atoms with van der Waals surface area (Å²) >= 11 is 0. The Kier molecular flexibility index (Phi) is 5.53. The van der Waals surface area contributed by atoms with Crippen molar-refractivity contribution in [3.8, 4) is 11.8 Å². The van der Waals surface area contributed by atoms with Crippen molar-refractivity contribution in [2.45, 2.75) is 26.9 Å². The minimum atomic E-state index is 0.0658. The summed E-state index contributed by atoms with van der Waals surface area (Å²) < 4.78 is 5.83. The van der Waals surface area contributed by atoms with Crippen LogP contribution in [0, 0.1) is 18.3 Å². The molecule has 2 N–H and O–H groups in total. The van der Waals surface area contributed by atoms with Crippen molar-refractivity contribution in [3.05, 3.63) is 65.9 Å². The van der Waals surface area contributed by atoms with Crippen LogP contribution in [0.25, 0.3) is 0 Å². The first-order valence-corrected chi connectivity index (χ1v) is 8.69. The largest absolute Gasteiger partial charge is 0.489 e. The molecule has 3 aromatic rings. The number of anilines is 4. The third-order valence-corrected chi connectivity index (χ3v) is 3.61. The van der Waals surface area contributed by atoms with Crippen molar-refractivity contribution < 1.29 is 4.74 Å². The van der Waals surface area contributed by atoms with Gasteiger partial charge in [-0.15, -0.1) is 0 Å². The molecule has 0 fully saturated rings. The highest BCUT2D eigenvalue weighted by atomic mass is 16.5. The fraction of sp³-hybridized carbons (Fsp3) is 0.190. The van der Waals surface area contributed by atoms with E-state index < -0.39 is 0 Å². The lowest BCUT2D eigenvalue weighted by molar-refractivity contribution is 0.244. The van der Waals surface area contributed by atoms with E-state index in [2.05, 4.69) is 26.7 Å². The number of aromatic nitrogens is 2. The van der Waals surface area contributed by atoms with Gasteiger partial charge >= 0.3 is 0 Å². The van der Waals surface area contributed by atoms with Gasteiger partial charge in [0.2, 0.25) is 5.95 Å². The Hall–Kier alpha value is -3.59. The molecule has 1 aromatic heterocycles. The summed E-state index contributed by atoms with van der Waals surface area (Å²) in [5.74, 6) is 1.85. The predicted octanol–water partition coefficient (Wildman–Crippen LogP) is 4.93. The number of ether oxygens (including phenoxy) is 1. The number of aryl methyl sites for hydroxylation is 1. The third kappa shape index (κ3) is 4.95. The number of benzene rings is 2. The summed E-state index contributed by atoms with van der Waals surface area (Å²) in [4.78, 5) is 8.98. The first-order chi connectivity index (χ1) is 13.0. The Morgan fingerprint density at radius 3 is 2.59 bits per heavy atom. The minimum absolute atomic E-state index is 0.0658. The van der Waals surface area contributed by atoms with Crippen molar-refractivity contribution in [2.75, 3.05) is 10.6 Å². The second kappa shape index (κ2) is 8.19. The fourth-order valence-corrected chi connectivity index (χ4v) is 2.55. The molecule has 6 nitrogen and oxygen atoms in total. The maximum absolute atomic E-state index is 9.04. The molecule has 0 aliphatic carbocycles. The monoisotopic (exact) mass is 359 g/mol. The molecule has 0 aliphatic heterocycles. The Morgan fingerprint density at radius 2 is 1.81 bits per heavy atom. The van der Waals surface area contributed by atoms with Crippen molar-refractivity contribution >= 4 is 23.1 Å². The first-order valence-electron chi connectivity index (χ1n) is 8.69. The van der Waals surface area contributed by atoms with E-state index in [9.17, 15) is 0 Å². The summed E-state index contributed by atoms with van der Waals surface area (Å²) in [6.45, 7) is 5.87. The van der Waals surface area contributed by atoms with E-state index >= 15 is 0 Å². The molecule has 1 heterocycles. The van der Waals surface area contributed by atoms with Crippen molar-refractivity contribution in [2.24, 2.45) is 0 Å². The molecule has 2 aromatic carbocycles. The second-order valence-corrected chi connectivity index (χ2v) is 6.32. The number of hydrogen-bond donors (Lipinski definition) is 2. The van der Waals surface area contributed by atoms with Gasteiger partial charge in [0.05, 0.1) is 23.4 Å². The highest BCUT2D eigenvalue weighted by Gasteiger charge is 2.09. The molecule has 0 bridgehead atoms. The summed E-state index contributed by atoms with van der Waals surface area (Å²) in [5.41, 5.74) is 2.99. The van der Waals surface area contributed by atoms with E-state index in [0.717, 1.165) is 22.8 Å². The molecular weight excluding hydrogens is 338 g/mol. The van der Waals surface area contributed by atoms with E-state index in [1.807, 2.05) is 63.2 Å². The number of nitrogens with zero attached hydrogens (tertiary/aromatic N) is 3. The van der Waals surface area contributed by atoms with Crippen LogP contribution in [0.4, 0.5) is 23.1 Å². The number of nitrogens with one attached hydrogen (secondary N) is 2. The lowest BCUT2D eigenvalue weighted by Gasteiger charge is -2.15. The third-order valence-electron chi connectivity index (χ3n) is 3.61. The molecule has 3 rings (SSSR count). The molecule has 6 heteroatoms. The Bertz CT molecular complexity index is 978. The van der Waals surface area contributed by atoms with Gasteiger partial charge in [-0.2, -0.15) is 10.2 Å². The van der Waals surface area contributed by atoms with Gasteiger partial charge in [0.1, 0.15) is 11.6 Å². The van der Waals surface area contributed by atoms with E-state index in [-0.39, 0.29) is 6.10 Å². The smallest absolute Gasteiger partial charge is 0.229 e. The number of rotatable bonds is 6. The van der Waals surface area contributed by atoms with E-state index in [1.165, 1.54) is 0 Å². The number of nitriles is 1. The lowest BCUT2D eigenvalue weighted by atomic mass is 10.2. The molecular formula is C21H21N5O. The maximum atomic E-state index is 9.04. The van der Waals surface area contributed by atoms with Crippen LogP contribution in [0.2, 0.25) is 0 Å². The topological polar surface area (TPSA) is 82.9 Å². The average Bonchev–Trinajstić information content (AvgIpc) is 2.62. The van der Waals surface area contributed by atoms with Crippen molar-refractivity contribution in [3.63, 3.8) is 0 Å². The fourth-order valence-electron chi connectivity index (χ4n) is 2.55. The van der Waals surface area contributed by atoms with Crippen LogP contribution >= 0.6 is 0 Å². The van der Waals surface area contributed by atoms with Crippen LogP contribution in [-0.2, 0) is 0 Å². The summed E-state index contributed by atoms with van der Waals surface area (Å²) in [5, 5.41) is 15.5. The molecule has 0 aliphatic rings. The van der Waals surface area contributed by atoms with Crippen LogP contribution in [0.3, 0.4) is 0 Å². The number of para-hydroxylation sites is 2. The molecule has 0 radical (unpaired) electrons. The Labute approximate surface area is 158 Å². The van der Waals surface area contributed by atoms with Gasteiger partial charge in [0.15, 0.2) is 0 Å². The summed E-state index contributed by atoms with van der Waals surface area (Å²) in [7, 11) is 0. The zero-order valence-corrected chi connectivity index (χ0v) is 15.5. The zero-order chi connectivity index (χ0) is 19.2.